The molecule has 1 aromatic heterocycles. The van der Waals surface area contributed by atoms with Crippen LogP contribution in [0.2, 0.25) is 0 Å². The van der Waals surface area contributed by atoms with Crippen molar-refractivity contribution in [3.63, 3.8) is 0 Å². The van der Waals surface area contributed by atoms with Crippen molar-refractivity contribution < 1.29 is 14.6 Å². The van der Waals surface area contributed by atoms with E-state index in [1.165, 1.54) is 12.3 Å². The van der Waals surface area contributed by atoms with Gasteiger partial charge in [-0.25, -0.2) is 9.78 Å². The predicted octanol–water partition coefficient (Wildman–Crippen LogP) is 2.40. The largest absolute Gasteiger partial charge is 0.496 e. The smallest absolute Gasteiger partial charge is 0.354 e. The molecule has 0 aliphatic carbocycles. The molecule has 5 nitrogen and oxygen atoms in total. The van der Waals surface area contributed by atoms with Crippen LogP contribution in [0.1, 0.15) is 16.1 Å². The molecule has 0 atom stereocenters. The Morgan fingerprint density at radius 3 is 2.89 bits per heavy atom. The van der Waals surface area contributed by atoms with Gasteiger partial charge < -0.3 is 15.2 Å². The molecule has 2 N–H and O–H groups in total. The number of anilines is 1. The third kappa shape index (κ3) is 3.22. The summed E-state index contributed by atoms with van der Waals surface area (Å²) in [6, 6.07) is 10.9. The highest BCUT2D eigenvalue weighted by atomic mass is 16.5. The molecule has 0 aliphatic heterocycles. The van der Waals surface area contributed by atoms with Crippen LogP contribution < -0.4 is 10.1 Å². The van der Waals surface area contributed by atoms with Crippen LogP contribution in [0.4, 0.5) is 5.69 Å². The third-order valence-electron chi connectivity index (χ3n) is 2.65. The van der Waals surface area contributed by atoms with Crippen LogP contribution >= 0.6 is 0 Å². The second-order valence-corrected chi connectivity index (χ2v) is 3.90. The van der Waals surface area contributed by atoms with E-state index in [0.29, 0.717) is 12.2 Å². The summed E-state index contributed by atoms with van der Waals surface area (Å²) in [5.41, 5.74) is 1.72. The monoisotopic (exact) mass is 258 g/mol. The summed E-state index contributed by atoms with van der Waals surface area (Å²) in [6.45, 7) is 0.549. The fraction of sp³-hybridized carbons (Fsp3) is 0.143. The average molecular weight is 258 g/mol. The third-order valence-corrected chi connectivity index (χ3v) is 2.65. The maximum absolute atomic E-state index is 10.8. The summed E-state index contributed by atoms with van der Waals surface area (Å²) < 4.78 is 5.25. The summed E-state index contributed by atoms with van der Waals surface area (Å²) in [6.07, 6.45) is 1.47. The first-order valence-electron chi connectivity index (χ1n) is 5.76. The van der Waals surface area contributed by atoms with Gasteiger partial charge in [0.25, 0.3) is 0 Å². The molecule has 0 saturated heterocycles. The Balaban J connectivity index is 2.10. The number of rotatable bonds is 5. The van der Waals surface area contributed by atoms with Crippen LogP contribution in [0.5, 0.6) is 5.75 Å². The summed E-state index contributed by atoms with van der Waals surface area (Å²) in [7, 11) is 1.62. The molecule has 1 aromatic carbocycles. The molecule has 0 amide bonds. The number of pyridine rings is 1. The number of ether oxygens (including phenoxy) is 1. The first kappa shape index (κ1) is 12.9. The standard InChI is InChI=1S/C14H14N2O3/c1-19-13-5-3-2-4-10(13)9-16-11-6-7-15-12(8-11)14(17)18/h2-8H,9H2,1H3,(H,15,16)(H,17,18). The van der Waals surface area contributed by atoms with Crippen molar-refractivity contribution in [3.8, 4) is 5.75 Å². The molecule has 0 radical (unpaired) electrons. The topological polar surface area (TPSA) is 71.5 Å². The molecule has 0 unspecified atom stereocenters. The fourth-order valence-electron chi connectivity index (χ4n) is 1.70. The van der Waals surface area contributed by atoms with Gasteiger partial charge in [-0.15, -0.1) is 0 Å². The number of methoxy groups -OCH3 is 1. The van der Waals surface area contributed by atoms with Crippen LogP contribution in [-0.2, 0) is 6.54 Å². The van der Waals surface area contributed by atoms with Crippen molar-refractivity contribution >= 4 is 11.7 Å². The number of carboxylic acid groups (broad SMARTS) is 1. The van der Waals surface area contributed by atoms with E-state index in [1.807, 2.05) is 24.3 Å². The molecule has 0 bridgehead atoms. The maximum atomic E-state index is 10.8. The summed E-state index contributed by atoms with van der Waals surface area (Å²) in [4.78, 5) is 14.6. The molecule has 2 aromatic rings. The molecule has 19 heavy (non-hydrogen) atoms. The first-order chi connectivity index (χ1) is 9.20. The van der Waals surface area contributed by atoms with E-state index >= 15 is 0 Å². The molecule has 0 saturated carbocycles. The molecule has 1 heterocycles. The number of aromatic nitrogens is 1. The number of para-hydroxylation sites is 1. The van der Waals surface area contributed by atoms with Crippen molar-refractivity contribution in [2.24, 2.45) is 0 Å². The van der Waals surface area contributed by atoms with Gasteiger partial charge in [-0.2, -0.15) is 0 Å². The minimum absolute atomic E-state index is 0.0185. The summed E-state index contributed by atoms with van der Waals surface area (Å²) >= 11 is 0. The van der Waals surface area contributed by atoms with Gasteiger partial charge >= 0.3 is 5.97 Å². The van der Waals surface area contributed by atoms with Crippen LogP contribution in [0.25, 0.3) is 0 Å². The van der Waals surface area contributed by atoms with E-state index < -0.39 is 5.97 Å². The van der Waals surface area contributed by atoms with Crippen LogP contribution in [-0.4, -0.2) is 23.2 Å². The number of carbonyl (C=O) groups is 1. The van der Waals surface area contributed by atoms with Crippen LogP contribution in [0, 0.1) is 0 Å². The average Bonchev–Trinajstić information content (AvgIpc) is 2.45. The second-order valence-electron chi connectivity index (χ2n) is 3.90. The molecule has 98 valence electrons. The van der Waals surface area contributed by atoms with Crippen molar-refractivity contribution in [2.45, 2.75) is 6.54 Å². The van der Waals surface area contributed by atoms with E-state index in [4.69, 9.17) is 9.84 Å². The Kier molecular flexibility index (Phi) is 3.97. The minimum Gasteiger partial charge on any atom is -0.496 e. The van der Waals surface area contributed by atoms with Gasteiger partial charge in [-0.05, 0) is 18.2 Å². The number of nitrogens with one attached hydrogen (secondary N) is 1. The van der Waals surface area contributed by atoms with Gasteiger partial charge in [0.2, 0.25) is 0 Å². The highest BCUT2D eigenvalue weighted by Crippen LogP contribution is 2.19. The van der Waals surface area contributed by atoms with Gasteiger partial charge in [0.05, 0.1) is 7.11 Å². The second kappa shape index (κ2) is 5.86. The molecular formula is C14H14N2O3. The number of hydrogen-bond donors (Lipinski definition) is 2. The Bertz CT molecular complexity index is 584. The summed E-state index contributed by atoms with van der Waals surface area (Å²) in [5.74, 6) is -0.247. The Morgan fingerprint density at radius 2 is 2.16 bits per heavy atom. The molecule has 2 rings (SSSR count). The first-order valence-corrected chi connectivity index (χ1v) is 5.76. The fourth-order valence-corrected chi connectivity index (χ4v) is 1.70. The number of benzene rings is 1. The van der Waals surface area contributed by atoms with Crippen molar-refractivity contribution in [1.29, 1.82) is 0 Å². The number of carboxylic acids is 1. The molecule has 0 spiro atoms. The van der Waals surface area contributed by atoms with E-state index in [2.05, 4.69) is 10.3 Å². The van der Waals surface area contributed by atoms with Crippen molar-refractivity contribution in [3.05, 3.63) is 53.9 Å². The number of nitrogens with zero attached hydrogens (tertiary/aromatic N) is 1. The number of hydrogen-bond acceptors (Lipinski definition) is 4. The minimum atomic E-state index is -1.04. The highest BCUT2D eigenvalue weighted by Gasteiger charge is 2.05. The van der Waals surface area contributed by atoms with Crippen molar-refractivity contribution in [2.75, 3.05) is 12.4 Å². The zero-order valence-electron chi connectivity index (χ0n) is 10.5. The predicted molar refractivity (Wildman–Crippen MR) is 71.5 cm³/mol. The van der Waals surface area contributed by atoms with E-state index in [-0.39, 0.29) is 5.69 Å². The van der Waals surface area contributed by atoms with Gasteiger partial charge in [-0.1, -0.05) is 18.2 Å². The lowest BCUT2D eigenvalue weighted by Crippen LogP contribution is -2.04. The van der Waals surface area contributed by atoms with E-state index in [1.54, 1.807) is 13.2 Å². The van der Waals surface area contributed by atoms with Gasteiger partial charge in [-0.3, -0.25) is 0 Å². The van der Waals surface area contributed by atoms with E-state index in [9.17, 15) is 4.79 Å². The Labute approximate surface area is 110 Å². The van der Waals surface area contributed by atoms with Gasteiger partial charge in [0.15, 0.2) is 0 Å². The summed E-state index contributed by atoms with van der Waals surface area (Å²) in [5, 5.41) is 12.0. The molecule has 0 aliphatic rings. The Hall–Kier alpha value is -2.56. The quantitative estimate of drug-likeness (QED) is 0.861. The van der Waals surface area contributed by atoms with Gasteiger partial charge in [0.1, 0.15) is 11.4 Å². The SMILES string of the molecule is COc1ccccc1CNc1ccnc(C(=O)O)c1. The van der Waals surface area contributed by atoms with Crippen molar-refractivity contribution in [1.82, 2.24) is 4.98 Å². The van der Waals surface area contributed by atoms with Crippen LogP contribution in [0.15, 0.2) is 42.6 Å². The van der Waals surface area contributed by atoms with E-state index in [0.717, 1.165) is 11.3 Å². The molecular weight excluding hydrogens is 244 g/mol. The zero-order chi connectivity index (χ0) is 13.7. The highest BCUT2D eigenvalue weighted by molar-refractivity contribution is 5.86. The lowest BCUT2D eigenvalue weighted by atomic mass is 10.2. The number of aromatic carboxylic acids is 1. The maximum Gasteiger partial charge on any atom is 0.354 e. The molecule has 5 heteroatoms. The normalized spacial score (nSPS) is 9.95. The Morgan fingerprint density at radius 1 is 1.37 bits per heavy atom. The van der Waals surface area contributed by atoms with Crippen LogP contribution in [0.3, 0.4) is 0 Å². The van der Waals surface area contributed by atoms with Gasteiger partial charge in [0, 0.05) is 24.0 Å². The lowest BCUT2D eigenvalue weighted by Gasteiger charge is -2.10. The lowest BCUT2D eigenvalue weighted by molar-refractivity contribution is 0.0690. The zero-order valence-corrected chi connectivity index (χ0v) is 10.5. The molecule has 0 fully saturated rings.